The Morgan fingerprint density at radius 3 is 2.18 bits per heavy atom. The summed E-state index contributed by atoms with van der Waals surface area (Å²) >= 11 is 10.4. The molecule has 0 aromatic heterocycles. The van der Waals surface area contributed by atoms with Crippen LogP contribution in [0, 0.1) is 0 Å². The largest absolute Gasteiger partial charge is 0.530 e. The second-order valence-electron chi connectivity index (χ2n) is 1.32. The molecule has 0 radical (unpaired) electrons. The molecule has 0 N–H and O–H groups in total. The molecule has 0 aliphatic heterocycles. The van der Waals surface area contributed by atoms with E-state index in [-0.39, 0.29) is 5.22 Å². The normalized spacial score (nSPS) is 13.3. The molecular formula is C4H7Cl2O4P. The topological polar surface area (TPSA) is 44.8 Å². The summed E-state index contributed by atoms with van der Waals surface area (Å²) in [5.74, 6) is 0. The van der Waals surface area contributed by atoms with Gasteiger partial charge in [0.1, 0.15) is 0 Å². The van der Waals surface area contributed by atoms with Gasteiger partial charge in [-0.1, -0.05) is 11.6 Å². The molecule has 0 rings (SSSR count). The van der Waals surface area contributed by atoms with Crippen molar-refractivity contribution in [1.29, 1.82) is 0 Å². The number of halogens is 2. The molecule has 0 heterocycles. The minimum atomic E-state index is -3.54. The fourth-order valence-corrected chi connectivity index (χ4v) is 1.20. The summed E-state index contributed by atoms with van der Waals surface area (Å²) in [4.78, 5) is 0. The van der Waals surface area contributed by atoms with Gasteiger partial charge in [0.25, 0.3) is 0 Å². The molecule has 4 nitrogen and oxygen atoms in total. The molecule has 11 heavy (non-hydrogen) atoms. The zero-order valence-electron chi connectivity index (χ0n) is 5.91. The minimum absolute atomic E-state index is 0.251. The maximum absolute atomic E-state index is 11.1. The van der Waals surface area contributed by atoms with E-state index in [4.69, 9.17) is 23.2 Å². The molecule has 0 unspecified atom stereocenters. The highest BCUT2D eigenvalue weighted by molar-refractivity contribution is 7.48. The van der Waals surface area contributed by atoms with Crippen LogP contribution in [0.3, 0.4) is 0 Å². The molecule has 0 saturated heterocycles. The molecule has 0 aliphatic carbocycles. The van der Waals surface area contributed by atoms with E-state index in [0.29, 0.717) is 0 Å². The van der Waals surface area contributed by atoms with Crippen LogP contribution in [0.15, 0.2) is 10.8 Å². The maximum atomic E-state index is 11.1. The lowest BCUT2D eigenvalue weighted by Gasteiger charge is -2.11. The third-order valence-corrected chi connectivity index (χ3v) is 2.65. The van der Waals surface area contributed by atoms with Gasteiger partial charge in [-0.2, -0.15) is 0 Å². The van der Waals surface area contributed by atoms with Gasteiger partial charge in [-0.05, 0) is 11.6 Å². The standard InChI is InChI=1S/C4H7Cl2O4P/c1-8-11(7,9-2)10-4(6)3-5/h3H,1-2H3. The second-order valence-corrected chi connectivity index (χ2v) is 3.71. The summed E-state index contributed by atoms with van der Waals surface area (Å²) in [7, 11) is -1.20. The number of rotatable bonds is 4. The van der Waals surface area contributed by atoms with E-state index < -0.39 is 7.82 Å². The summed E-state index contributed by atoms with van der Waals surface area (Å²) < 4.78 is 24.3. The lowest BCUT2D eigenvalue weighted by molar-refractivity contribution is 0.190. The fraction of sp³-hybridized carbons (Fsp3) is 0.500. The lowest BCUT2D eigenvalue weighted by Crippen LogP contribution is -1.91. The SMILES string of the molecule is COP(=O)(OC)OC(Cl)=CCl. The molecule has 0 saturated carbocycles. The quantitative estimate of drug-likeness (QED) is 0.540. The first-order valence-electron chi connectivity index (χ1n) is 2.45. The van der Waals surface area contributed by atoms with Gasteiger partial charge < -0.3 is 4.52 Å². The van der Waals surface area contributed by atoms with Crippen LogP contribution in [-0.2, 0) is 18.1 Å². The van der Waals surface area contributed by atoms with Crippen LogP contribution in [0.2, 0.25) is 0 Å². The van der Waals surface area contributed by atoms with Crippen molar-refractivity contribution in [1.82, 2.24) is 0 Å². The summed E-state index contributed by atoms with van der Waals surface area (Å²) in [6.45, 7) is 0. The van der Waals surface area contributed by atoms with Crippen molar-refractivity contribution < 1.29 is 18.1 Å². The van der Waals surface area contributed by atoms with Crippen molar-refractivity contribution in [2.45, 2.75) is 0 Å². The van der Waals surface area contributed by atoms with Crippen molar-refractivity contribution in [3.8, 4) is 0 Å². The molecule has 0 aromatic carbocycles. The van der Waals surface area contributed by atoms with Gasteiger partial charge in [0.2, 0.25) is 5.22 Å². The summed E-state index contributed by atoms with van der Waals surface area (Å²) in [6, 6.07) is 0. The van der Waals surface area contributed by atoms with E-state index in [0.717, 1.165) is 5.54 Å². The zero-order valence-corrected chi connectivity index (χ0v) is 8.32. The Balaban J connectivity index is 4.20. The minimum Gasteiger partial charge on any atom is -0.391 e. The highest BCUT2D eigenvalue weighted by Gasteiger charge is 2.24. The number of hydrogen-bond donors (Lipinski definition) is 0. The van der Waals surface area contributed by atoms with E-state index in [9.17, 15) is 4.57 Å². The fourth-order valence-electron chi connectivity index (χ4n) is 0.276. The van der Waals surface area contributed by atoms with Crippen LogP contribution < -0.4 is 0 Å². The molecule has 0 aliphatic rings. The molecule has 0 amide bonds. The van der Waals surface area contributed by atoms with Crippen LogP contribution in [0.5, 0.6) is 0 Å². The van der Waals surface area contributed by atoms with Crippen LogP contribution in [0.4, 0.5) is 0 Å². The van der Waals surface area contributed by atoms with Crippen LogP contribution in [-0.4, -0.2) is 14.2 Å². The predicted molar refractivity (Wildman–Crippen MR) is 42.5 cm³/mol. The molecule has 66 valence electrons. The summed E-state index contributed by atoms with van der Waals surface area (Å²) in [5, 5.41) is -0.251. The van der Waals surface area contributed by atoms with Gasteiger partial charge in [0.15, 0.2) is 0 Å². The Hall–Kier alpha value is 0.270. The van der Waals surface area contributed by atoms with E-state index >= 15 is 0 Å². The molecule has 0 bridgehead atoms. The first-order chi connectivity index (χ1) is 5.08. The van der Waals surface area contributed by atoms with Gasteiger partial charge in [0, 0.05) is 14.2 Å². The average Bonchev–Trinajstić information content (AvgIpc) is 2.04. The van der Waals surface area contributed by atoms with Gasteiger partial charge in [-0.15, -0.1) is 0 Å². The molecule has 0 fully saturated rings. The number of phosphoric ester groups is 1. The van der Waals surface area contributed by atoms with Crippen LogP contribution in [0.1, 0.15) is 0 Å². The van der Waals surface area contributed by atoms with Gasteiger partial charge in [0.05, 0.1) is 5.54 Å². The van der Waals surface area contributed by atoms with E-state index in [2.05, 4.69) is 13.6 Å². The molecule has 0 atom stereocenters. The van der Waals surface area contributed by atoms with Gasteiger partial charge >= 0.3 is 7.82 Å². The Bertz CT molecular complexity index is 185. The van der Waals surface area contributed by atoms with Crippen LogP contribution >= 0.6 is 31.0 Å². The Morgan fingerprint density at radius 2 is 1.91 bits per heavy atom. The Kier molecular flexibility index (Phi) is 5.13. The smallest absolute Gasteiger partial charge is 0.391 e. The highest BCUT2D eigenvalue weighted by Crippen LogP contribution is 2.50. The molecular weight excluding hydrogens is 214 g/mol. The zero-order chi connectivity index (χ0) is 8.91. The monoisotopic (exact) mass is 220 g/mol. The van der Waals surface area contributed by atoms with E-state index in [1.807, 2.05) is 0 Å². The molecule has 0 aromatic rings. The van der Waals surface area contributed by atoms with E-state index in [1.165, 1.54) is 14.2 Å². The Morgan fingerprint density at radius 1 is 1.45 bits per heavy atom. The third-order valence-electron chi connectivity index (χ3n) is 0.732. The van der Waals surface area contributed by atoms with Crippen molar-refractivity contribution >= 4 is 31.0 Å². The number of phosphoric acid groups is 1. The first-order valence-corrected chi connectivity index (χ1v) is 4.72. The van der Waals surface area contributed by atoms with Crippen molar-refractivity contribution in [3.05, 3.63) is 10.8 Å². The molecule has 0 spiro atoms. The summed E-state index contributed by atoms with van der Waals surface area (Å²) in [5.41, 5.74) is 0.909. The second kappa shape index (κ2) is 5.01. The van der Waals surface area contributed by atoms with Crippen molar-refractivity contribution in [3.63, 3.8) is 0 Å². The number of hydrogen-bond acceptors (Lipinski definition) is 4. The lowest BCUT2D eigenvalue weighted by atomic mass is 11.2. The average molecular weight is 221 g/mol. The third kappa shape index (κ3) is 3.99. The van der Waals surface area contributed by atoms with Gasteiger partial charge in [-0.25, -0.2) is 4.57 Å². The first kappa shape index (κ1) is 11.3. The van der Waals surface area contributed by atoms with Gasteiger partial charge in [-0.3, -0.25) is 9.05 Å². The maximum Gasteiger partial charge on any atom is 0.530 e. The Labute approximate surface area is 74.6 Å². The molecule has 7 heteroatoms. The predicted octanol–water partition coefficient (Wildman–Crippen LogP) is 2.68. The van der Waals surface area contributed by atoms with Crippen molar-refractivity contribution in [2.24, 2.45) is 0 Å². The highest BCUT2D eigenvalue weighted by atomic mass is 35.5. The van der Waals surface area contributed by atoms with Crippen molar-refractivity contribution in [2.75, 3.05) is 14.2 Å². The van der Waals surface area contributed by atoms with Crippen LogP contribution in [0.25, 0.3) is 0 Å². The summed E-state index contributed by atoms with van der Waals surface area (Å²) in [6.07, 6.45) is 0. The van der Waals surface area contributed by atoms with E-state index in [1.54, 1.807) is 0 Å².